The smallest absolute Gasteiger partial charge is 0.261 e. The number of aliphatic imine (C=N–C) groups is 1. The van der Waals surface area contributed by atoms with E-state index >= 15 is 0 Å². The van der Waals surface area contributed by atoms with Crippen molar-refractivity contribution in [1.82, 2.24) is 15.5 Å². The number of carbonyl (C=O) groups is 1. The van der Waals surface area contributed by atoms with Gasteiger partial charge in [0.25, 0.3) is 5.91 Å². The Morgan fingerprint density at radius 2 is 2.29 bits per heavy atom. The van der Waals surface area contributed by atoms with Crippen LogP contribution in [-0.4, -0.2) is 49.5 Å². The van der Waals surface area contributed by atoms with E-state index in [1.54, 1.807) is 0 Å². The predicted molar refractivity (Wildman–Crippen MR) is 113 cm³/mol. The minimum atomic E-state index is 0. The van der Waals surface area contributed by atoms with E-state index in [0.717, 1.165) is 49.4 Å². The van der Waals surface area contributed by atoms with Gasteiger partial charge in [-0.1, -0.05) is 13.0 Å². The third-order valence-electron chi connectivity index (χ3n) is 3.92. The maximum absolute atomic E-state index is 11.8. The maximum Gasteiger partial charge on any atom is 0.261 e. The Morgan fingerprint density at radius 1 is 1.46 bits per heavy atom. The third-order valence-corrected chi connectivity index (χ3v) is 4.79. The summed E-state index contributed by atoms with van der Waals surface area (Å²) in [6.07, 6.45) is 3.41. The quantitative estimate of drug-likeness (QED) is 0.294. The highest BCUT2D eigenvalue weighted by molar-refractivity contribution is 14.0. The van der Waals surface area contributed by atoms with Crippen LogP contribution < -0.4 is 10.6 Å². The molecule has 2 heterocycles. The van der Waals surface area contributed by atoms with Crippen LogP contribution in [0, 0.1) is 5.92 Å². The monoisotopic (exact) mass is 464 g/mol. The molecule has 0 aliphatic carbocycles. The molecule has 0 spiro atoms. The van der Waals surface area contributed by atoms with E-state index in [2.05, 4.69) is 29.4 Å². The van der Waals surface area contributed by atoms with Crippen LogP contribution in [0.5, 0.6) is 0 Å². The van der Waals surface area contributed by atoms with Crippen molar-refractivity contribution in [1.29, 1.82) is 0 Å². The van der Waals surface area contributed by atoms with Crippen molar-refractivity contribution in [2.24, 2.45) is 10.9 Å². The molecule has 1 aromatic rings. The zero-order valence-corrected chi connectivity index (χ0v) is 17.7. The maximum atomic E-state index is 11.8. The van der Waals surface area contributed by atoms with E-state index in [4.69, 9.17) is 4.99 Å². The van der Waals surface area contributed by atoms with E-state index in [1.165, 1.54) is 24.2 Å². The summed E-state index contributed by atoms with van der Waals surface area (Å²) in [7, 11) is 0. The van der Waals surface area contributed by atoms with Crippen molar-refractivity contribution in [3.8, 4) is 0 Å². The molecular weight excluding hydrogens is 435 g/mol. The van der Waals surface area contributed by atoms with Crippen molar-refractivity contribution in [3.05, 3.63) is 22.4 Å². The zero-order valence-electron chi connectivity index (χ0n) is 14.6. The largest absolute Gasteiger partial charge is 0.357 e. The second-order valence-corrected chi connectivity index (χ2v) is 6.96. The summed E-state index contributed by atoms with van der Waals surface area (Å²) in [5.74, 6) is 1.77. The van der Waals surface area contributed by atoms with Gasteiger partial charge in [-0.3, -0.25) is 9.79 Å². The Balaban J connectivity index is 0.00000288. The lowest BCUT2D eigenvalue weighted by Crippen LogP contribution is -2.46. The van der Waals surface area contributed by atoms with Crippen molar-refractivity contribution < 1.29 is 4.79 Å². The summed E-state index contributed by atoms with van der Waals surface area (Å²) in [6.45, 7) is 8.86. The summed E-state index contributed by atoms with van der Waals surface area (Å²) >= 11 is 1.47. The summed E-state index contributed by atoms with van der Waals surface area (Å²) in [6, 6.07) is 3.74. The lowest BCUT2D eigenvalue weighted by Gasteiger charge is -2.33. The van der Waals surface area contributed by atoms with Gasteiger partial charge in [0.15, 0.2) is 5.96 Å². The number of halogens is 1. The van der Waals surface area contributed by atoms with E-state index in [9.17, 15) is 4.79 Å². The summed E-state index contributed by atoms with van der Waals surface area (Å²) in [5, 5.41) is 8.25. The Morgan fingerprint density at radius 3 is 2.96 bits per heavy atom. The molecule has 7 heteroatoms. The number of carbonyl (C=O) groups excluding carboxylic acids is 1. The molecule has 5 nitrogen and oxygen atoms in total. The van der Waals surface area contributed by atoms with Crippen LogP contribution in [0.4, 0.5) is 0 Å². The first kappa shape index (κ1) is 21.2. The van der Waals surface area contributed by atoms with Gasteiger partial charge >= 0.3 is 0 Å². The second kappa shape index (κ2) is 11.7. The lowest BCUT2D eigenvalue weighted by atomic mass is 10.0. The SMILES string of the molecule is CCNC(=NCCCNC(=O)c1cccs1)N1CCCC(C)C1.I. The molecule has 1 amide bonds. The number of hydrogen-bond donors (Lipinski definition) is 2. The number of thiophene rings is 1. The van der Waals surface area contributed by atoms with Gasteiger partial charge in [-0.25, -0.2) is 0 Å². The highest BCUT2D eigenvalue weighted by Crippen LogP contribution is 2.15. The fourth-order valence-corrected chi connectivity index (χ4v) is 3.41. The molecule has 1 saturated heterocycles. The molecule has 1 aromatic heterocycles. The van der Waals surface area contributed by atoms with Gasteiger partial charge in [0.2, 0.25) is 0 Å². The van der Waals surface area contributed by atoms with Crippen LogP contribution in [0.1, 0.15) is 42.8 Å². The average molecular weight is 464 g/mol. The topological polar surface area (TPSA) is 56.7 Å². The van der Waals surface area contributed by atoms with E-state index in [-0.39, 0.29) is 29.9 Å². The molecule has 0 bridgehead atoms. The van der Waals surface area contributed by atoms with Crippen LogP contribution >= 0.6 is 35.3 Å². The Labute approximate surface area is 166 Å². The number of nitrogens with zero attached hydrogens (tertiary/aromatic N) is 2. The van der Waals surface area contributed by atoms with E-state index in [0.29, 0.717) is 6.54 Å². The van der Waals surface area contributed by atoms with Gasteiger partial charge < -0.3 is 15.5 Å². The second-order valence-electron chi connectivity index (χ2n) is 6.02. The highest BCUT2D eigenvalue weighted by Gasteiger charge is 2.18. The first-order valence-electron chi connectivity index (χ1n) is 8.55. The number of piperidine rings is 1. The van der Waals surface area contributed by atoms with Crippen LogP contribution in [0.15, 0.2) is 22.5 Å². The van der Waals surface area contributed by atoms with Crippen molar-refractivity contribution in [2.75, 3.05) is 32.7 Å². The van der Waals surface area contributed by atoms with Crippen LogP contribution in [0.2, 0.25) is 0 Å². The lowest BCUT2D eigenvalue weighted by molar-refractivity contribution is 0.0957. The average Bonchev–Trinajstić information content (AvgIpc) is 3.08. The van der Waals surface area contributed by atoms with Crippen LogP contribution in [0.25, 0.3) is 0 Å². The molecule has 1 aliphatic heterocycles. The number of rotatable bonds is 6. The summed E-state index contributed by atoms with van der Waals surface area (Å²) in [4.78, 5) is 19.7. The fraction of sp³-hybridized carbons (Fsp3) is 0.647. The molecule has 1 atom stereocenters. The fourth-order valence-electron chi connectivity index (χ4n) is 2.77. The predicted octanol–water partition coefficient (Wildman–Crippen LogP) is 3.18. The zero-order chi connectivity index (χ0) is 16.5. The first-order valence-corrected chi connectivity index (χ1v) is 9.43. The van der Waals surface area contributed by atoms with Gasteiger partial charge in [0.1, 0.15) is 0 Å². The molecule has 0 saturated carbocycles. The number of hydrogen-bond acceptors (Lipinski definition) is 3. The summed E-state index contributed by atoms with van der Waals surface area (Å²) < 4.78 is 0. The van der Waals surface area contributed by atoms with Crippen molar-refractivity contribution in [3.63, 3.8) is 0 Å². The molecule has 1 unspecified atom stereocenters. The van der Waals surface area contributed by atoms with Gasteiger partial charge in [-0.05, 0) is 43.6 Å². The van der Waals surface area contributed by atoms with Crippen LogP contribution in [-0.2, 0) is 0 Å². The van der Waals surface area contributed by atoms with Gasteiger partial charge in [-0.2, -0.15) is 0 Å². The normalized spacial score (nSPS) is 18.0. The number of guanidine groups is 1. The highest BCUT2D eigenvalue weighted by atomic mass is 127. The van der Waals surface area contributed by atoms with Gasteiger partial charge in [0, 0.05) is 32.7 Å². The van der Waals surface area contributed by atoms with Gasteiger partial charge in [-0.15, -0.1) is 35.3 Å². The Hall–Kier alpha value is -0.830. The molecule has 0 aromatic carbocycles. The van der Waals surface area contributed by atoms with E-state index < -0.39 is 0 Å². The Bertz CT molecular complexity index is 507. The van der Waals surface area contributed by atoms with Crippen molar-refractivity contribution in [2.45, 2.75) is 33.1 Å². The molecular formula is C17H29IN4OS. The molecule has 1 fully saturated rings. The molecule has 24 heavy (non-hydrogen) atoms. The standard InChI is InChI=1S/C17H28N4OS.HI/c1-3-18-17(21-11-4-7-14(2)13-21)20-10-6-9-19-16(22)15-8-5-12-23-15;/h5,8,12,14H,3-4,6-7,9-11,13H2,1-2H3,(H,18,20)(H,19,22);1H. The molecule has 1 aliphatic rings. The molecule has 136 valence electrons. The number of amides is 1. The molecule has 0 radical (unpaired) electrons. The number of likely N-dealkylation sites (tertiary alicyclic amines) is 1. The minimum absolute atomic E-state index is 0. The number of nitrogens with one attached hydrogen (secondary N) is 2. The summed E-state index contributed by atoms with van der Waals surface area (Å²) in [5.41, 5.74) is 0. The van der Waals surface area contributed by atoms with E-state index in [1.807, 2.05) is 17.5 Å². The Kier molecular flexibility index (Phi) is 10.3. The molecule has 2 N–H and O–H groups in total. The van der Waals surface area contributed by atoms with Crippen molar-refractivity contribution >= 4 is 47.2 Å². The molecule has 2 rings (SSSR count). The van der Waals surface area contributed by atoms with Crippen LogP contribution in [0.3, 0.4) is 0 Å². The minimum Gasteiger partial charge on any atom is -0.357 e. The van der Waals surface area contributed by atoms with Gasteiger partial charge in [0.05, 0.1) is 4.88 Å². The third kappa shape index (κ3) is 6.96. The first-order chi connectivity index (χ1) is 11.2.